The molecule has 0 saturated heterocycles. The summed E-state index contributed by atoms with van der Waals surface area (Å²) in [5, 5.41) is 13.2. The normalized spacial score (nSPS) is 11.4. The van der Waals surface area contributed by atoms with Gasteiger partial charge in [0.05, 0.1) is 17.0 Å². The van der Waals surface area contributed by atoms with Crippen molar-refractivity contribution in [2.75, 3.05) is 11.9 Å². The van der Waals surface area contributed by atoms with Gasteiger partial charge in [0.1, 0.15) is 11.6 Å². The number of hydrogen-bond acceptors (Lipinski definition) is 6. The summed E-state index contributed by atoms with van der Waals surface area (Å²) in [4.78, 5) is 18.2. The Labute approximate surface area is 159 Å². The third-order valence-electron chi connectivity index (χ3n) is 3.95. The quantitative estimate of drug-likeness (QED) is 0.699. The fourth-order valence-electron chi connectivity index (χ4n) is 2.69. The highest BCUT2D eigenvalue weighted by atomic mass is 16.3. The largest absolute Gasteiger partial charge is 0.389 e. The molecule has 0 aliphatic carbocycles. The van der Waals surface area contributed by atoms with Crippen LogP contribution in [0.2, 0.25) is 0 Å². The first-order valence-electron chi connectivity index (χ1n) is 8.98. The molecule has 0 spiro atoms. The topological polar surface area (TPSA) is 83.8 Å². The van der Waals surface area contributed by atoms with Gasteiger partial charge in [-0.15, -0.1) is 0 Å². The van der Waals surface area contributed by atoms with Gasteiger partial charge in [-0.05, 0) is 57.5 Å². The molecule has 0 bridgehead atoms. The number of rotatable bonds is 6. The molecule has 6 nitrogen and oxygen atoms in total. The average Bonchev–Trinajstić information content (AvgIpc) is 2.59. The Bertz CT molecular complexity index is 934. The number of nitrogens with one attached hydrogen (secondary N) is 1. The van der Waals surface area contributed by atoms with E-state index in [9.17, 15) is 5.11 Å². The Morgan fingerprint density at radius 1 is 0.963 bits per heavy atom. The molecule has 140 valence electrons. The Balaban J connectivity index is 1.97. The van der Waals surface area contributed by atoms with Crippen LogP contribution in [0.4, 0.5) is 5.82 Å². The third-order valence-corrected chi connectivity index (χ3v) is 3.95. The van der Waals surface area contributed by atoms with Gasteiger partial charge >= 0.3 is 0 Å². The molecular weight excluding hydrogens is 338 g/mol. The predicted molar refractivity (Wildman–Crippen MR) is 107 cm³/mol. The minimum Gasteiger partial charge on any atom is -0.389 e. The van der Waals surface area contributed by atoms with Gasteiger partial charge in [0.2, 0.25) is 0 Å². The van der Waals surface area contributed by atoms with Crippen LogP contribution in [0.3, 0.4) is 0 Å². The summed E-state index contributed by atoms with van der Waals surface area (Å²) >= 11 is 0. The maximum atomic E-state index is 10.0. The van der Waals surface area contributed by atoms with Crippen LogP contribution >= 0.6 is 0 Å². The summed E-state index contributed by atoms with van der Waals surface area (Å²) in [5.74, 6) is 1.37. The van der Waals surface area contributed by atoms with E-state index in [4.69, 9.17) is 4.98 Å². The van der Waals surface area contributed by atoms with E-state index in [1.807, 2.05) is 50.2 Å². The summed E-state index contributed by atoms with van der Waals surface area (Å²) in [5.41, 5.74) is 3.72. The second kappa shape index (κ2) is 7.80. The number of hydrogen-bond donors (Lipinski definition) is 2. The maximum absolute atomic E-state index is 10.0. The summed E-state index contributed by atoms with van der Waals surface area (Å²) in [6.45, 7) is 7.82. The van der Waals surface area contributed by atoms with Gasteiger partial charge in [-0.1, -0.05) is 6.07 Å². The Hall–Kier alpha value is -2.86. The lowest BCUT2D eigenvalue weighted by Crippen LogP contribution is -2.29. The van der Waals surface area contributed by atoms with Gasteiger partial charge < -0.3 is 10.4 Å². The van der Waals surface area contributed by atoms with Gasteiger partial charge in [0, 0.05) is 36.6 Å². The number of pyridine rings is 2. The zero-order valence-corrected chi connectivity index (χ0v) is 16.2. The predicted octanol–water partition coefficient (Wildman–Crippen LogP) is 3.32. The lowest BCUT2D eigenvalue weighted by Gasteiger charge is -2.18. The van der Waals surface area contributed by atoms with Crippen molar-refractivity contribution in [3.05, 3.63) is 65.4 Å². The molecule has 3 heterocycles. The molecule has 2 N–H and O–H groups in total. The third kappa shape index (κ3) is 5.56. The summed E-state index contributed by atoms with van der Waals surface area (Å²) in [7, 11) is 0. The fourth-order valence-corrected chi connectivity index (χ4v) is 2.69. The molecule has 0 amide bonds. The van der Waals surface area contributed by atoms with E-state index in [2.05, 4.69) is 20.3 Å². The van der Waals surface area contributed by atoms with Crippen molar-refractivity contribution in [1.29, 1.82) is 0 Å². The van der Waals surface area contributed by atoms with E-state index >= 15 is 0 Å². The first kappa shape index (κ1) is 18.9. The van der Waals surface area contributed by atoms with Gasteiger partial charge in [-0.25, -0.2) is 9.97 Å². The Morgan fingerprint density at radius 2 is 1.78 bits per heavy atom. The van der Waals surface area contributed by atoms with Crippen molar-refractivity contribution in [3.63, 3.8) is 0 Å². The van der Waals surface area contributed by atoms with Gasteiger partial charge in [-0.2, -0.15) is 0 Å². The summed E-state index contributed by atoms with van der Waals surface area (Å²) in [6, 6.07) is 11.7. The highest BCUT2D eigenvalue weighted by molar-refractivity contribution is 5.59. The van der Waals surface area contributed by atoms with Crippen molar-refractivity contribution in [1.82, 2.24) is 19.9 Å². The summed E-state index contributed by atoms with van der Waals surface area (Å²) in [6.07, 6.45) is 2.39. The first-order valence-corrected chi connectivity index (χ1v) is 8.98. The van der Waals surface area contributed by atoms with Crippen LogP contribution in [0.25, 0.3) is 11.4 Å². The molecule has 3 rings (SSSR count). The van der Waals surface area contributed by atoms with Crippen LogP contribution in [-0.4, -0.2) is 37.2 Å². The lowest BCUT2D eigenvalue weighted by atomic mass is 10.1. The van der Waals surface area contributed by atoms with Crippen molar-refractivity contribution >= 4 is 5.82 Å². The van der Waals surface area contributed by atoms with Crippen LogP contribution in [-0.2, 0) is 6.42 Å². The number of aromatic nitrogens is 4. The van der Waals surface area contributed by atoms with Crippen molar-refractivity contribution in [3.8, 4) is 11.4 Å². The zero-order chi connectivity index (χ0) is 19.4. The van der Waals surface area contributed by atoms with E-state index in [1.54, 1.807) is 20.0 Å². The van der Waals surface area contributed by atoms with Crippen molar-refractivity contribution in [2.45, 2.75) is 39.7 Å². The van der Waals surface area contributed by atoms with Crippen LogP contribution in [0, 0.1) is 13.8 Å². The fraction of sp³-hybridized carbons (Fsp3) is 0.333. The SMILES string of the molecule is Cc1cc(Cc2nc(NCC(C)(C)O)cc(-c3cccc(C)n3)n2)ccn1. The first-order chi connectivity index (χ1) is 12.8. The average molecular weight is 363 g/mol. The van der Waals surface area contributed by atoms with Crippen LogP contribution in [0.1, 0.15) is 36.6 Å². The number of aliphatic hydroxyl groups is 1. The van der Waals surface area contributed by atoms with Crippen LogP contribution in [0.5, 0.6) is 0 Å². The Morgan fingerprint density at radius 3 is 2.48 bits per heavy atom. The van der Waals surface area contributed by atoms with Gasteiger partial charge in [-0.3, -0.25) is 9.97 Å². The Kier molecular flexibility index (Phi) is 5.46. The monoisotopic (exact) mass is 363 g/mol. The second-order valence-electron chi connectivity index (χ2n) is 7.37. The van der Waals surface area contributed by atoms with E-state index in [0.717, 1.165) is 28.3 Å². The second-order valence-corrected chi connectivity index (χ2v) is 7.37. The molecule has 0 aliphatic heterocycles. The highest BCUT2D eigenvalue weighted by Crippen LogP contribution is 2.20. The van der Waals surface area contributed by atoms with Crippen molar-refractivity contribution < 1.29 is 5.11 Å². The number of anilines is 1. The molecule has 6 heteroatoms. The van der Waals surface area contributed by atoms with E-state index < -0.39 is 5.60 Å². The van der Waals surface area contributed by atoms with Crippen LogP contribution in [0.15, 0.2) is 42.6 Å². The van der Waals surface area contributed by atoms with Crippen LogP contribution < -0.4 is 5.32 Å². The molecule has 0 unspecified atom stereocenters. The number of aryl methyl sites for hydroxylation is 2. The van der Waals surface area contributed by atoms with E-state index in [1.165, 1.54) is 0 Å². The highest BCUT2D eigenvalue weighted by Gasteiger charge is 2.14. The molecule has 0 saturated carbocycles. The molecule has 0 radical (unpaired) electrons. The molecule has 0 aliphatic rings. The van der Waals surface area contributed by atoms with E-state index in [-0.39, 0.29) is 0 Å². The molecular formula is C21H25N5O. The number of nitrogens with zero attached hydrogens (tertiary/aromatic N) is 4. The standard InChI is InChI=1S/C21H25N5O/c1-14-6-5-7-17(24-14)18-12-19(23-13-21(3,4)27)26-20(25-18)11-16-8-9-22-15(2)10-16/h5-10,12,27H,11,13H2,1-4H3,(H,23,25,26). The maximum Gasteiger partial charge on any atom is 0.135 e. The minimum atomic E-state index is -0.838. The molecule has 3 aromatic heterocycles. The van der Waals surface area contributed by atoms with Gasteiger partial charge in [0.25, 0.3) is 0 Å². The van der Waals surface area contributed by atoms with Crippen molar-refractivity contribution in [2.24, 2.45) is 0 Å². The van der Waals surface area contributed by atoms with E-state index in [0.29, 0.717) is 24.6 Å². The molecule has 0 atom stereocenters. The summed E-state index contributed by atoms with van der Waals surface area (Å²) < 4.78 is 0. The molecule has 0 fully saturated rings. The zero-order valence-electron chi connectivity index (χ0n) is 16.2. The minimum absolute atomic E-state index is 0.387. The lowest BCUT2D eigenvalue weighted by molar-refractivity contribution is 0.0944. The molecule has 27 heavy (non-hydrogen) atoms. The molecule has 0 aromatic carbocycles. The molecule has 3 aromatic rings. The van der Waals surface area contributed by atoms with Gasteiger partial charge in [0.15, 0.2) is 0 Å². The smallest absolute Gasteiger partial charge is 0.135 e.